The molecule has 3 nitrogen and oxygen atoms in total. The summed E-state index contributed by atoms with van der Waals surface area (Å²) >= 11 is 0. The molecule has 0 unspecified atom stereocenters. The molecule has 4 heteroatoms. The maximum absolute atomic E-state index is 13.1. The molecular weight excluding hydrogens is 187 g/mol. The van der Waals surface area contributed by atoms with Crippen molar-refractivity contribution in [2.24, 2.45) is 0 Å². The molecule has 0 saturated carbocycles. The van der Waals surface area contributed by atoms with Crippen molar-refractivity contribution >= 4 is 12.0 Å². The van der Waals surface area contributed by atoms with Gasteiger partial charge in [0.25, 0.3) is 0 Å². The van der Waals surface area contributed by atoms with Crippen LogP contribution < -0.4 is 4.74 Å². The highest BCUT2D eigenvalue weighted by Gasteiger charge is 2.05. The zero-order chi connectivity index (χ0) is 10.6. The molecule has 74 valence electrons. The van der Waals surface area contributed by atoms with Gasteiger partial charge in [0.15, 0.2) is 11.6 Å². The molecule has 0 aliphatic heterocycles. The molecule has 0 aromatic heterocycles. The normalized spacial score (nSPS) is 10.4. The topological polar surface area (TPSA) is 46.5 Å². The maximum atomic E-state index is 13.1. The van der Waals surface area contributed by atoms with Gasteiger partial charge in [-0.3, -0.25) is 0 Å². The molecule has 0 aliphatic rings. The van der Waals surface area contributed by atoms with E-state index in [0.29, 0.717) is 5.56 Å². The fraction of sp³-hybridized carbons (Fsp3) is 0.100. The van der Waals surface area contributed by atoms with Crippen molar-refractivity contribution in [3.8, 4) is 5.75 Å². The molecule has 0 atom stereocenters. The number of benzene rings is 1. The number of hydrogen-bond acceptors (Lipinski definition) is 2. The van der Waals surface area contributed by atoms with Crippen molar-refractivity contribution in [3.63, 3.8) is 0 Å². The lowest BCUT2D eigenvalue weighted by atomic mass is 10.2. The summed E-state index contributed by atoms with van der Waals surface area (Å²) in [7, 11) is 1.33. The second-order valence-corrected chi connectivity index (χ2v) is 2.53. The van der Waals surface area contributed by atoms with E-state index in [1.165, 1.54) is 25.3 Å². The highest BCUT2D eigenvalue weighted by molar-refractivity contribution is 5.85. The number of aliphatic carboxylic acids is 1. The standard InChI is InChI=1S/C10H9FO3/c1-14-10-7(5-6-9(12)13)3-2-4-8(10)11/h2-6H,1H3,(H,12,13). The summed E-state index contributed by atoms with van der Waals surface area (Å²) in [6.07, 6.45) is 2.21. The van der Waals surface area contributed by atoms with E-state index in [1.807, 2.05) is 0 Å². The van der Waals surface area contributed by atoms with Crippen LogP contribution >= 0.6 is 0 Å². The van der Waals surface area contributed by atoms with Crippen LogP contribution in [0.2, 0.25) is 0 Å². The predicted molar refractivity (Wildman–Crippen MR) is 49.6 cm³/mol. The number of ether oxygens (including phenoxy) is 1. The van der Waals surface area contributed by atoms with Crippen LogP contribution in [0.4, 0.5) is 4.39 Å². The number of methoxy groups -OCH3 is 1. The van der Waals surface area contributed by atoms with Crippen LogP contribution in [0.3, 0.4) is 0 Å². The van der Waals surface area contributed by atoms with Crippen LogP contribution in [0, 0.1) is 5.82 Å². The van der Waals surface area contributed by atoms with E-state index in [0.717, 1.165) is 6.08 Å². The average molecular weight is 196 g/mol. The van der Waals surface area contributed by atoms with Gasteiger partial charge in [0.05, 0.1) is 7.11 Å². The Morgan fingerprint density at radius 2 is 2.29 bits per heavy atom. The van der Waals surface area contributed by atoms with E-state index in [9.17, 15) is 9.18 Å². The summed E-state index contributed by atoms with van der Waals surface area (Å²) in [4.78, 5) is 10.2. The minimum absolute atomic E-state index is 0.0463. The molecule has 0 bridgehead atoms. The third-order valence-electron chi connectivity index (χ3n) is 1.61. The van der Waals surface area contributed by atoms with Gasteiger partial charge in [0, 0.05) is 11.6 Å². The number of halogens is 1. The van der Waals surface area contributed by atoms with Gasteiger partial charge < -0.3 is 9.84 Å². The zero-order valence-electron chi connectivity index (χ0n) is 7.53. The highest BCUT2D eigenvalue weighted by Crippen LogP contribution is 2.23. The summed E-state index contributed by atoms with van der Waals surface area (Å²) in [5.41, 5.74) is 0.398. The molecule has 1 aromatic carbocycles. The van der Waals surface area contributed by atoms with Crippen molar-refractivity contribution in [1.29, 1.82) is 0 Å². The lowest BCUT2D eigenvalue weighted by Gasteiger charge is -2.04. The minimum Gasteiger partial charge on any atom is -0.493 e. The van der Waals surface area contributed by atoms with Gasteiger partial charge in [0.2, 0.25) is 0 Å². The molecule has 14 heavy (non-hydrogen) atoms. The monoisotopic (exact) mass is 196 g/mol. The van der Waals surface area contributed by atoms with Gasteiger partial charge >= 0.3 is 5.97 Å². The number of carbonyl (C=O) groups is 1. The van der Waals surface area contributed by atoms with Crippen molar-refractivity contribution < 1.29 is 19.0 Å². The number of hydrogen-bond donors (Lipinski definition) is 1. The molecule has 1 rings (SSSR count). The first kappa shape index (κ1) is 10.2. The van der Waals surface area contributed by atoms with Crippen molar-refractivity contribution in [2.75, 3.05) is 7.11 Å². The number of carboxylic acids is 1. The molecule has 1 N–H and O–H groups in total. The molecular formula is C10H9FO3. The van der Waals surface area contributed by atoms with Crippen LogP contribution in [0.5, 0.6) is 5.75 Å². The molecule has 0 amide bonds. The fourth-order valence-electron chi connectivity index (χ4n) is 1.03. The van der Waals surface area contributed by atoms with Crippen LogP contribution in [0.1, 0.15) is 5.56 Å². The summed E-state index contributed by atoms with van der Waals surface area (Å²) in [5.74, 6) is -1.55. The molecule has 0 saturated heterocycles. The highest BCUT2D eigenvalue weighted by atomic mass is 19.1. The molecule has 0 heterocycles. The molecule has 0 radical (unpaired) electrons. The second kappa shape index (κ2) is 4.41. The van der Waals surface area contributed by atoms with E-state index in [-0.39, 0.29) is 5.75 Å². The molecule has 1 aromatic rings. The van der Waals surface area contributed by atoms with Crippen LogP contribution in [0.25, 0.3) is 6.08 Å². The summed E-state index contributed by atoms with van der Waals surface area (Å²) in [5, 5.41) is 8.39. The van der Waals surface area contributed by atoms with Gasteiger partial charge in [-0.2, -0.15) is 0 Å². The zero-order valence-corrected chi connectivity index (χ0v) is 7.53. The number of carboxylic acid groups (broad SMARTS) is 1. The second-order valence-electron chi connectivity index (χ2n) is 2.53. The lowest BCUT2D eigenvalue weighted by Crippen LogP contribution is -1.92. The van der Waals surface area contributed by atoms with Crippen LogP contribution in [0.15, 0.2) is 24.3 Å². The Hall–Kier alpha value is -1.84. The first-order chi connectivity index (χ1) is 6.65. The number of para-hydroxylation sites is 1. The first-order valence-electron chi connectivity index (χ1n) is 3.88. The fourth-order valence-corrected chi connectivity index (χ4v) is 1.03. The Balaban J connectivity index is 3.08. The van der Waals surface area contributed by atoms with E-state index < -0.39 is 11.8 Å². The lowest BCUT2D eigenvalue weighted by molar-refractivity contribution is -0.131. The summed E-state index contributed by atoms with van der Waals surface area (Å²) in [6, 6.07) is 4.30. The Labute approximate surface area is 80.4 Å². The molecule has 0 spiro atoms. The van der Waals surface area contributed by atoms with Crippen LogP contribution in [-0.4, -0.2) is 18.2 Å². The number of rotatable bonds is 3. The van der Waals surface area contributed by atoms with Crippen molar-refractivity contribution in [1.82, 2.24) is 0 Å². The Morgan fingerprint density at radius 1 is 1.57 bits per heavy atom. The van der Waals surface area contributed by atoms with E-state index >= 15 is 0 Å². The summed E-state index contributed by atoms with van der Waals surface area (Å²) < 4.78 is 17.9. The van der Waals surface area contributed by atoms with Gasteiger partial charge in [0.1, 0.15) is 0 Å². The first-order valence-corrected chi connectivity index (χ1v) is 3.88. The van der Waals surface area contributed by atoms with Crippen molar-refractivity contribution in [3.05, 3.63) is 35.7 Å². The van der Waals surface area contributed by atoms with Crippen LogP contribution in [-0.2, 0) is 4.79 Å². The minimum atomic E-state index is -1.09. The van der Waals surface area contributed by atoms with E-state index in [4.69, 9.17) is 9.84 Å². The Kier molecular flexibility index (Phi) is 3.23. The average Bonchev–Trinajstić information content (AvgIpc) is 2.14. The third-order valence-corrected chi connectivity index (χ3v) is 1.61. The SMILES string of the molecule is COc1c(F)cccc1C=CC(=O)O. The molecule has 0 fully saturated rings. The Bertz CT molecular complexity index is 372. The van der Waals surface area contributed by atoms with Gasteiger partial charge in [-0.15, -0.1) is 0 Å². The predicted octanol–water partition coefficient (Wildman–Crippen LogP) is 1.93. The van der Waals surface area contributed by atoms with E-state index in [1.54, 1.807) is 6.07 Å². The van der Waals surface area contributed by atoms with Gasteiger partial charge in [-0.05, 0) is 12.1 Å². The van der Waals surface area contributed by atoms with Gasteiger partial charge in [-0.25, -0.2) is 9.18 Å². The smallest absolute Gasteiger partial charge is 0.328 e. The quantitative estimate of drug-likeness (QED) is 0.751. The maximum Gasteiger partial charge on any atom is 0.328 e. The van der Waals surface area contributed by atoms with Crippen molar-refractivity contribution in [2.45, 2.75) is 0 Å². The summed E-state index contributed by atoms with van der Waals surface area (Å²) in [6.45, 7) is 0. The largest absolute Gasteiger partial charge is 0.493 e. The third kappa shape index (κ3) is 2.32. The van der Waals surface area contributed by atoms with E-state index in [2.05, 4.69) is 0 Å². The van der Waals surface area contributed by atoms with Gasteiger partial charge in [-0.1, -0.05) is 12.1 Å². The Morgan fingerprint density at radius 3 is 2.86 bits per heavy atom. The molecule has 0 aliphatic carbocycles.